The molecule has 1 atom stereocenters. The van der Waals surface area contributed by atoms with Crippen molar-refractivity contribution in [3.05, 3.63) is 122 Å². The lowest BCUT2D eigenvalue weighted by Gasteiger charge is -2.18. The zero-order chi connectivity index (χ0) is 44.4. The quantitative estimate of drug-likeness (QED) is 0.0201. The van der Waals surface area contributed by atoms with Gasteiger partial charge in [-0.05, 0) is 109 Å². The van der Waals surface area contributed by atoms with Crippen molar-refractivity contribution in [2.75, 3.05) is 13.2 Å². The topological polar surface area (TPSA) is 78.9 Å². The third-order valence-electron chi connectivity index (χ3n) is 9.50. The summed E-state index contributed by atoms with van der Waals surface area (Å²) in [6.07, 6.45) is 66.1. The summed E-state index contributed by atoms with van der Waals surface area (Å²) in [6, 6.07) is 0. The molecule has 0 aromatic carbocycles. The van der Waals surface area contributed by atoms with E-state index in [-0.39, 0.29) is 37.5 Å². The Morgan fingerprint density at radius 1 is 0.344 bits per heavy atom. The Bertz CT molecular complexity index is 1340. The van der Waals surface area contributed by atoms with Gasteiger partial charge in [-0.3, -0.25) is 14.4 Å². The third-order valence-corrected chi connectivity index (χ3v) is 9.50. The van der Waals surface area contributed by atoms with Gasteiger partial charge in [0, 0.05) is 19.3 Å². The van der Waals surface area contributed by atoms with E-state index in [1.54, 1.807) is 0 Å². The first-order valence-electron chi connectivity index (χ1n) is 24.1. The van der Waals surface area contributed by atoms with Crippen LogP contribution < -0.4 is 0 Å². The van der Waals surface area contributed by atoms with E-state index in [1.807, 2.05) is 6.08 Å². The van der Waals surface area contributed by atoms with Crippen LogP contribution in [0.5, 0.6) is 0 Å². The van der Waals surface area contributed by atoms with Crippen LogP contribution in [0.25, 0.3) is 0 Å². The van der Waals surface area contributed by atoms with Crippen LogP contribution in [0.2, 0.25) is 0 Å². The number of hydrogen-bond donors (Lipinski definition) is 0. The monoisotopic (exact) mass is 843 g/mol. The van der Waals surface area contributed by atoms with Gasteiger partial charge in [-0.25, -0.2) is 0 Å². The number of carbonyl (C=O) groups excluding carboxylic acids is 3. The van der Waals surface area contributed by atoms with Gasteiger partial charge in [-0.2, -0.15) is 0 Å². The van der Waals surface area contributed by atoms with E-state index in [9.17, 15) is 14.4 Å². The summed E-state index contributed by atoms with van der Waals surface area (Å²) in [5.41, 5.74) is 0. The molecule has 0 saturated carbocycles. The summed E-state index contributed by atoms with van der Waals surface area (Å²) >= 11 is 0. The van der Waals surface area contributed by atoms with Crippen molar-refractivity contribution in [3.63, 3.8) is 0 Å². The highest BCUT2D eigenvalue weighted by Gasteiger charge is 2.19. The average Bonchev–Trinajstić information content (AvgIpc) is 3.26. The van der Waals surface area contributed by atoms with E-state index < -0.39 is 6.10 Å². The van der Waals surface area contributed by atoms with Gasteiger partial charge in [0.2, 0.25) is 0 Å². The molecule has 0 aromatic rings. The number of carbonyl (C=O) groups is 3. The highest BCUT2D eigenvalue weighted by molar-refractivity contribution is 5.71. The summed E-state index contributed by atoms with van der Waals surface area (Å²) in [5, 5.41) is 0. The maximum Gasteiger partial charge on any atom is 0.306 e. The molecule has 6 nitrogen and oxygen atoms in total. The molecular weight excluding hydrogens is 757 g/mol. The number of hydrogen-bond acceptors (Lipinski definition) is 6. The molecule has 0 radical (unpaired) electrons. The Balaban J connectivity index is 4.54. The van der Waals surface area contributed by atoms with E-state index >= 15 is 0 Å². The Morgan fingerprint density at radius 3 is 1.11 bits per heavy atom. The minimum atomic E-state index is -0.814. The Labute approximate surface area is 373 Å². The number of unbranched alkanes of at least 4 members (excludes halogenated alkanes) is 12. The van der Waals surface area contributed by atoms with E-state index in [0.29, 0.717) is 12.8 Å². The van der Waals surface area contributed by atoms with Crippen LogP contribution in [0.3, 0.4) is 0 Å². The van der Waals surface area contributed by atoms with Crippen molar-refractivity contribution in [1.29, 1.82) is 0 Å². The van der Waals surface area contributed by atoms with E-state index in [1.165, 1.54) is 0 Å². The van der Waals surface area contributed by atoms with Crippen LogP contribution in [0, 0.1) is 0 Å². The highest BCUT2D eigenvalue weighted by Crippen LogP contribution is 2.12. The third kappa shape index (κ3) is 46.7. The molecule has 0 aromatic heterocycles. The van der Waals surface area contributed by atoms with Gasteiger partial charge in [0.15, 0.2) is 6.10 Å². The lowest BCUT2D eigenvalue weighted by Crippen LogP contribution is -2.30. The largest absolute Gasteiger partial charge is 0.462 e. The fourth-order valence-electron chi connectivity index (χ4n) is 5.97. The molecule has 0 fully saturated rings. The summed E-state index contributed by atoms with van der Waals surface area (Å²) in [5.74, 6) is -0.997. The fraction of sp³-hybridized carbons (Fsp3) is 0.582. The second-order valence-electron chi connectivity index (χ2n) is 15.3. The standard InChI is InChI=1S/C55H86O6/c1-4-7-10-13-16-19-22-25-27-28-31-33-36-39-42-45-48-54(57)60-51-52(50-59-53(56)47-44-41-38-35-32-29-24-21-18-15-12-9-6-3)61-55(58)49-46-43-40-37-34-30-26-23-20-17-14-11-8-5-2/h7-12,15-21,24-27,30-31,33,52H,4-6,13-14,22-23,28-29,32,34-51H2,1-3H3/b10-7-,11-8-,12-9-,18-15-,19-16-,20-17-,24-21-,27-25-,30-26-,33-31-. The molecule has 0 saturated heterocycles. The van der Waals surface area contributed by atoms with Crippen LogP contribution in [-0.2, 0) is 28.6 Å². The number of esters is 3. The molecular formula is C55H86O6. The zero-order valence-corrected chi connectivity index (χ0v) is 38.9. The first kappa shape index (κ1) is 56.8. The number of allylic oxidation sites excluding steroid dienone is 20. The van der Waals surface area contributed by atoms with E-state index in [2.05, 4.69) is 136 Å². The minimum absolute atomic E-state index is 0.112. The van der Waals surface area contributed by atoms with Crippen molar-refractivity contribution in [3.8, 4) is 0 Å². The Hall–Kier alpha value is -4.19. The van der Waals surface area contributed by atoms with Crippen molar-refractivity contribution >= 4 is 17.9 Å². The fourth-order valence-corrected chi connectivity index (χ4v) is 5.97. The molecule has 0 amide bonds. The van der Waals surface area contributed by atoms with Crippen LogP contribution in [0.15, 0.2) is 122 Å². The highest BCUT2D eigenvalue weighted by atomic mass is 16.6. The predicted octanol–water partition coefficient (Wildman–Crippen LogP) is 15.7. The maximum atomic E-state index is 12.8. The van der Waals surface area contributed by atoms with Gasteiger partial charge in [-0.15, -0.1) is 0 Å². The smallest absolute Gasteiger partial charge is 0.306 e. The van der Waals surface area contributed by atoms with Crippen LogP contribution in [-0.4, -0.2) is 37.2 Å². The Kier molecular flexibility index (Phi) is 45.1. The van der Waals surface area contributed by atoms with Gasteiger partial charge < -0.3 is 14.2 Å². The molecule has 6 heteroatoms. The maximum absolute atomic E-state index is 12.8. The molecule has 342 valence electrons. The van der Waals surface area contributed by atoms with Crippen molar-refractivity contribution in [2.45, 2.75) is 194 Å². The van der Waals surface area contributed by atoms with Gasteiger partial charge in [0.05, 0.1) is 0 Å². The molecule has 0 aliphatic carbocycles. The zero-order valence-electron chi connectivity index (χ0n) is 38.9. The SMILES string of the molecule is CC\C=C/C=C\C=C/CCCCCCCC(=O)OCC(COC(=O)CCCCC/C=C\C/C=C\C/C=C\C/C=C\CC)OC(=O)CCCCCC/C=C\C/C=C\C/C=C\CC. The first-order chi connectivity index (χ1) is 30.0. The number of rotatable bonds is 41. The van der Waals surface area contributed by atoms with Gasteiger partial charge in [0.25, 0.3) is 0 Å². The number of ether oxygens (including phenoxy) is 3. The first-order valence-corrected chi connectivity index (χ1v) is 24.1. The summed E-state index contributed by atoms with van der Waals surface area (Å²) < 4.78 is 16.7. The molecule has 0 heterocycles. The van der Waals surface area contributed by atoms with Crippen LogP contribution in [0.1, 0.15) is 188 Å². The second-order valence-corrected chi connectivity index (χ2v) is 15.3. The predicted molar refractivity (Wildman–Crippen MR) is 260 cm³/mol. The molecule has 1 unspecified atom stereocenters. The lowest BCUT2D eigenvalue weighted by atomic mass is 10.1. The van der Waals surface area contributed by atoms with Crippen molar-refractivity contribution in [2.24, 2.45) is 0 Å². The molecule has 0 bridgehead atoms. The lowest BCUT2D eigenvalue weighted by molar-refractivity contribution is -0.167. The molecule has 0 aliphatic rings. The van der Waals surface area contributed by atoms with Gasteiger partial charge in [-0.1, -0.05) is 181 Å². The van der Waals surface area contributed by atoms with E-state index in [0.717, 1.165) is 148 Å². The molecule has 0 aliphatic heterocycles. The van der Waals surface area contributed by atoms with Gasteiger partial charge >= 0.3 is 17.9 Å². The molecule has 0 rings (SSSR count). The van der Waals surface area contributed by atoms with Crippen molar-refractivity contribution < 1.29 is 28.6 Å². The van der Waals surface area contributed by atoms with Crippen LogP contribution in [0.4, 0.5) is 0 Å². The molecule has 0 N–H and O–H groups in total. The Morgan fingerprint density at radius 2 is 0.672 bits per heavy atom. The van der Waals surface area contributed by atoms with Crippen LogP contribution >= 0.6 is 0 Å². The van der Waals surface area contributed by atoms with E-state index in [4.69, 9.17) is 14.2 Å². The normalized spacial score (nSPS) is 13.2. The minimum Gasteiger partial charge on any atom is -0.462 e. The average molecular weight is 843 g/mol. The molecule has 61 heavy (non-hydrogen) atoms. The summed E-state index contributed by atoms with van der Waals surface area (Å²) in [4.78, 5) is 37.9. The van der Waals surface area contributed by atoms with Crippen molar-refractivity contribution in [1.82, 2.24) is 0 Å². The summed E-state index contributed by atoms with van der Waals surface area (Å²) in [6.45, 7) is 6.18. The second kappa shape index (κ2) is 48.5. The summed E-state index contributed by atoms with van der Waals surface area (Å²) in [7, 11) is 0. The van der Waals surface area contributed by atoms with Gasteiger partial charge in [0.1, 0.15) is 13.2 Å². The molecule has 0 spiro atoms.